The average Bonchev–Trinajstić information content (AvgIpc) is 3.71. The zero-order valence-corrected chi connectivity index (χ0v) is 26.8. The fourth-order valence-corrected chi connectivity index (χ4v) is 8.08. The Morgan fingerprint density at radius 2 is 0.900 bits per heavy atom. The SMILES string of the molecule is c1ccc(-n2c3ccccc3c3c4c5ccccc5n(-c5cccc(-c6ncc7c8ccccc8c8ccccc8c7n6)n5)c4ccc32)cc1. The molecular formula is C45H27N5. The van der Waals surface area contributed by atoms with Crippen molar-refractivity contribution in [2.45, 2.75) is 0 Å². The fraction of sp³-hybridized carbons (Fsp3) is 0. The van der Waals surface area contributed by atoms with E-state index in [4.69, 9.17) is 15.0 Å². The van der Waals surface area contributed by atoms with Crippen molar-refractivity contribution in [3.8, 4) is 23.0 Å². The minimum atomic E-state index is 0.605. The number of rotatable bonds is 3. The highest BCUT2D eigenvalue weighted by molar-refractivity contribution is 6.29. The average molecular weight is 638 g/mol. The molecular weight excluding hydrogens is 611 g/mol. The largest absolute Gasteiger partial charge is 0.309 e. The van der Waals surface area contributed by atoms with Crippen LogP contribution in [0.5, 0.6) is 0 Å². The molecule has 0 amide bonds. The molecule has 0 fully saturated rings. The van der Waals surface area contributed by atoms with Crippen LogP contribution < -0.4 is 0 Å². The summed E-state index contributed by atoms with van der Waals surface area (Å²) in [5.74, 6) is 1.43. The van der Waals surface area contributed by atoms with Crippen LogP contribution in [0.25, 0.3) is 99.1 Å². The molecule has 0 saturated heterocycles. The van der Waals surface area contributed by atoms with Crippen LogP contribution in [0, 0.1) is 0 Å². The van der Waals surface area contributed by atoms with Crippen molar-refractivity contribution in [3.05, 3.63) is 164 Å². The summed E-state index contributed by atoms with van der Waals surface area (Å²) in [6.07, 6.45) is 1.96. The molecule has 50 heavy (non-hydrogen) atoms. The predicted octanol–water partition coefficient (Wildman–Crippen LogP) is 11.2. The van der Waals surface area contributed by atoms with Crippen LogP contribution in [0.4, 0.5) is 0 Å². The highest BCUT2D eigenvalue weighted by Gasteiger charge is 2.21. The fourth-order valence-electron chi connectivity index (χ4n) is 8.08. The molecule has 0 atom stereocenters. The van der Waals surface area contributed by atoms with Crippen LogP contribution >= 0.6 is 0 Å². The lowest BCUT2D eigenvalue weighted by molar-refractivity contribution is 1.07. The molecule has 7 aromatic carbocycles. The lowest BCUT2D eigenvalue weighted by Gasteiger charge is -2.11. The van der Waals surface area contributed by atoms with Gasteiger partial charge < -0.3 is 4.57 Å². The second-order valence-electron chi connectivity index (χ2n) is 12.8. The number of hydrogen-bond donors (Lipinski definition) is 0. The number of benzene rings is 7. The monoisotopic (exact) mass is 637 g/mol. The number of nitrogens with zero attached hydrogens (tertiary/aromatic N) is 5. The number of fused-ring (bicyclic) bond motifs is 13. The van der Waals surface area contributed by atoms with E-state index in [0.717, 1.165) is 49.9 Å². The summed E-state index contributed by atoms with van der Waals surface area (Å²) in [6.45, 7) is 0. The molecule has 4 heterocycles. The smallest absolute Gasteiger partial charge is 0.178 e. The first-order chi connectivity index (χ1) is 24.8. The lowest BCUT2D eigenvalue weighted by atomic mass is 9.98. The summed E-state index contributed by atoms with van der Waals surface area (Å²) in [5.41, 5.74) is 7.39. The van der Waals surface area contributed by atoms with Gasteiger partial charge in [-0.2, -0.15) is 0 Å². The first-order valence-electron chi connectivity index (χ1n) is 16.9. The van der Waals surface area contributed by atoms with Gasteiger partial charge in [0.1, 0.15) is 11.5 Å². The molecule has 11 aromatic rings. The van der Waals surface area contributed by atoms with Gasteiger partial charge in [-0.25, -0.2) is 15.0 Å². The lowest BCUT2D eigenvalue weighted by Crippen LogP contribution is -2.00. The highest BCUT2D eigenvalue weighted by Crippen LogP contribution is 2.42. The number of pyridine rings is 1. The molecule has 0 spiro atoms. The van der Waals surface area contributed by atoms with E-state index in [1.165, 1.54) is 43.4 Å². The maximum Gasteiger partial charge on any atom is 0.178 e. The molecule has 0 aliphatic heterocycles. The Balaban J connectivity index is 1.17. The Labute approximate surface area is 286 Å². The molecule has 11 rings (SSSR count). The summed E-state index contributed by atoms with van der Waals surface area (Å²) in [6, 6.07) is 55.6. The van der Waals surface area contributed by atoms with Gasteiger partial charge in [-0.1, -0.05) is 109 Å². The normalized spacial score (nSPS) is 12.0. The Hall–Kier alpha value is -6.85. The second-order valence-corrected chi connectivity index (χ2v) is 12.8. The van der Waals surface area contributed by atoms with E-state index in [2.05, 4.69) is 161 Å². The van der Waals surface area contributed by atoms with Crippen LogP contribution in [0.1, 0.15) is 0 Å². The molecule has 0 saturated carbocycles. The van der Waals surface area contributed by atoms with Gasteiger partial charge in [0.25, 0.3) is 0 Å². The molecule has 232 valence electrons. The molecule has 0 aliphatic rings. The van der Waals surface area contributed by atoms with Gasteiger partial charge in [-0.05, 0) is 64.7 Å². The van der Waals surface area contributed by atoms with Crippen molar-refractivity contribution in [3.63, 3.8) is 0 Å². The topological polar surface area (TPSA) is 48.5 Å². The Bertz CT molecular complexity index is 3120. The molecule has 5 nitrogen and oxygen atoms in total. The van der Waals surface area contributed by atoms with Gasteiger partial charge in [-0.15, -0.1) is 0 Å². The summed E-state index contributed by atoms with van der Waals surface area (Å²) >= 11 is 0. The summed E-state index contributed by atoms with van der Waals surface area (Å²) in [4.78, 5) is 15.4. The molecule has 0 bridgehead atoms. The van der Waals surface area contributed by atoms with Gasteiger partial charge in [0, 0.05) is 44.2 Å². The van der Waals surface area contributed by atoms with Crippen molar-refractivity contribution in [2.75, 3.05) is 0 Å². The number of hydrogen-bond acceptors (Lipinski definition) is 3. The zero-order valence-electron chi connectivity index (χ0n) is 26.8. The minimum absolute atomic E-state index is 0.605. The van der Waals surface area contributed by atoms with Gasteiger partial charge >= 0.3 is 0 Å². The van der Waals surface area contributed by atoms with Crippen molar-refractivity contribution in [1.29, 1.82) is 0 Å². The predicted molar refractivity (Wildman–Crippen MR) is 206 cm³/mol. The Kier molecular flexibility index (Phi) is 5.60. The van der Waals surface area contributed by atoms with E-state index in [-0.39, 0.29) is 0 Å². The van der Waals surface area contributed by atoms with Crippen LogP contribution in [0.3, 0.4) is 0 Å². The first kappa shape index (κ1) is 27.1. The maximum absolute atomic E-state index is 5.26. The van der Waals surface area contributed by atoms with Crippen molar-refractivity contribution in [2.24, 2.45) is 0 Å². The van der Waals surface area contributed by atoms with Crippen LogP contribution in [-0.4, -0.2) is 24.1 Å². The first-order valence-corrected chi connectivity index (χ1v) is 16.9. The third-order valence-electron chi connectivity index (χ3n) is 10.2. The summed E-state index contributed by atoms with van der Waals surface area (Å²) < 4.78 is 4.66. The van der Waals surface area contributed by atoms with E-state index in [1.807, 2.05) is 12.3 Å². The molecule has 0 aliphatic carbocycles. The quantitative estimate of drug-likeness (QED) is 0.181. The molecule has 0 radical (unpaired) electrons. The molecule has 0 unspecified atom stereocenters. The Morgan fingerprint density at radius 1 is 0.360 bits per heavy atom. The van der Waals surface area contributed by atoms with E-state index >= 15 is 0 Å². The van der Waals surface area contributed by atoms with Gasteiger partial charge in [0.15, 0.2) is 5.82 Å². The van der Waals surface area contributed by atoms with E-state index in [0.29, 0.717) is 5.82 Å². The summed E-state index contributed by atoms with van der Waals surface area (Å²) in [7, 11) is 0. The number of aromatic nitrogens is 5. The summed E-state index contributed by atoms with van der Waals surface area (Å²) in [5, 5.41) is 10.6. The third-order valence-corrected chi connectivity index (χ3v) is 10.2. The van der Waals surface area contributed by atoms with Crippen molar-refractivity contribution < 1.29 is 0 Å². The van der Waals surface area contributed by atoms with Gasteiger partial charge in [-0.3, -0.25) is 4.57 Å². The minimum Gasteiger partial charge on any atom is -0.309 e. The maximum atomic E-state index is 5.26. The van der Waals surface area contributed by atoms with Gasteiger partial charge in [0.05, 0.1) is 27.6 Å². The van der Waals surface area contributed by atoms with E-state index in [1.54, 1.807) is 0 Å². The molecule has 0 N–H and O–H groups in total. The van der Waals surface area contributed by atoms with E-state index in [9.17, 15) is 0 Å². The standard InChI is InChI=1S/C45H27N5/c1-2-13-28(14-3-1)49-37-22-10-8-19-33(37)42-39(49)25-26-40-43(42)34-20-9-11-23-38(34)50(40)41-24-12-21-36(47-41)45-46-27-35-31-17-5-4-15-29(31)30-16-6-7-18-32(30)44(35)48-45/h1-27H. The Morgan fingerprint density at radius 3 is 1.60 bits per heavy atom. The molecule has 5 heteroatoms. The molecule has 4 aromatic heterocycles. The van der Waals surface area contributed by atoms with Crippen LogP contribution in [0.15, 0.2) is 164 Å². The highest BCUT2D eigenvalue weighted by atomic mass is 15.1. The van der Waals surface area contributed by atoms with Crippen molar-refractivity contribution in [1.82, 2.24) is 24.1 Å². The number of para-hydroxylation sites is 3. The van der Waals surface area contributed by atoms with Crippen molar-refractivity contribution >= 4 is 76.1 Å². The zero-order chi connectivity index (χ0) is 32.8. The van der Waals surface area contributed by atoms with Gasteiger partial charge in [0.2, 0.25) is 0 Å². The third kappa shape index (κ3) is 3.74. The second kappa shape index (κ2) is 10.3. The van der Waals surface area contributed by atoms with E-state index < -0.39 is 0 Å². The van der Waals surface area contributed by atoms with Crippen LogP contribution in [-0.2, 0) is 0 Å². The van der Waals surface area contributed by atoms with Crippen LogP contribution in [0.2, 0.25) is 0 Å².